The fraction of sp³-hybridized carbons (Fsp3) is 0.136. The van der Waals surface area contributed by atoms with Gasteiger partial charge in [-0.15, -0.1) is 0 Å². The minimum absolute atomic E-state index is 0.313. The van der Waals surface area contributed by atoms with Crippen LogP contribution in [0.5, 0.6) is 5.75 Å². The summed E-state index contributed by atoms with van der Waals surface area (Å²) in [6.07, 6.45) is 0. The first kappa shape index (κ1) is 19.7. The zero-order chi connectivity index (χ0) is 19.2. The van der Waals surface area contributed by atoms with Gasteiger partial charge in [0.15, 0.2) is 0 Å². The lowest BCUT2D eigenvalue weighted by molar-refractivity contribution is 0.306. The van der Waals surface area contributed by atoms with Crippen molar-refractivity contribution in [2.45, 2.75) is 20.1 Å². The molecule has 0 amide bonds. The van der Waals surface area contributed by atoms with Crippen LogP contribution in [-0.4, -0.2) is 4.99 Å². The highest BCUT2D eigenvalue weighted by Gasteiger charge is 2.07. The normalized spacial score (nSPS) is 10.5. The van der Waals surface area contributed by atoms with E-state index in [1.165, 1.54) is 11.1 Å². The molecule has 0 aliphatic rings. The Morgan fingerprint density at radius 3 is 2.19 bits per heavy atom. The maximum atomic E-state index is 6.17. The molecular formula is C22H19Cl2NOS. The fourth-order valence-corrected chi connectivity index (χ4v) is 3.23. The molecule has 138 valence electrons. The molecule has 0 aliphatic heterocycles. The van der Waals surface area contributed by atoms with E-state index >= 15 is 0 Å². The van der Waals surface area contributed by atoms with Crippen molar-refractivity contribution in [1.82, 2.24) is 5.32 Å². The smallest absolute Gasteiger partial charge is 0.119 e. The van der Waals surface area contributed by atoms with Crippen LogP contribution in [0.3, 0.4) is 0 Å². The quantitative estimate of drug-likeness (QED) is 0.474. The van der Waals surface area contributed by atoms with Crippen molar-refractivity contribution >= 4 is 40.4 Å². The first-order valence-corrected chi connectivity index (χ1v) is 9.69. The second-order valence-electron chi connectivity index (χ2n) is 6.18. The van der Waals surface area contributed by atoms with Crippen molar-refractivity contribution in [2.24, 2.45) is 0 Å². The van der Waals surface area contributed by atoms with E-state index in [4.69, 9.17) is 40.2 Å². The molecule has 0 saturated carbocycles. The molecule has 0 heterocycles. The van der Waals surface area contributed by atoms with E-state index in [9.17, 15) is 0 Å². The van der Waals surface area contributed by atoms with Gasteiger partial charge in [-0.3, -0.25) is 0 Å². The first-order chi connectivity index (χ1) is 13.0. The monoisotopic (exact) mass is 415 g/mol. The summed E-state index contributed by atoms with van der Waals surface area (Å²) in [6, 6.07) is 21.5. The molecule has 3 rings (SSSR count). The topological polar surface area (TPSA) is 21.3 Å². The van der Waals surface area contributed by atoms with Crippen molar-refractivity contribution in [2.75, 3.05) is 0 Å². The molecular weight excluding hydrogens is 397 g/mol. The van der Waals surface area contributed by atoms with E-state index in [2.05, 4.69) is 36.5 Å². The van der Waals surface area contributed by atoms with Crippen molar-refractivity contribution in [3.63, 3.8) is 0 Å². The lowest BCUT2D eigenvalue weighted by atomic mass is 10.1. The van der Waals surface area contributed by atoms with Crippen molar-refractivity contribution in [1.29, 1.82) is 0 Å². The molecule has 0 aromatic heterocycles. The van der Waals surface area contributed by atoms with Gasteiger partial charge >= 0.3 is 0 Å². The highest BCUT2D eigenvalue weighted by molar-refractivity contribution is 7.80. The van der Waals surface area contributed by atoms with Gasteiger partial charge in [-0.25, -0.2) is 0 Å². The predicted molar refractivity (Wildman–Crippen MR) is 117 cm³/mol. The van der Waals surface area contributed by atoms with Gasteiger partial charge in [0, 0.05) is 27.7 Å². The Morgan fingerprint density at radius 2 is 1.56 bits per heavy atom. The number of nitrogens with one attached hydrogen (secondary N) is 1. The SMILES string of the molecule is Cc1ccc(CNC(=S)c2ccc(OCc3c(Cl)cccc3Cl)cc2)cc1. The molecule has 0 aliphatic carbocycles. The standard InChI is InChI=1S/C22H19Cl2NOS/c1-15-5-7-16(8-6-15)13-25-22(27)17-9-11-18(12-10-17)26-14-19-20(23)3-2-4-21(19)24/h2-12H,13-14H2,1H3,(H,25,27). The third kappa shape index (κ3) is 5.46. The molecule has 3 aromatic carbocycles. The average Bonchev–Trinajstić information content (AvgIpc) is 2.67. The van der Waals surface area contributed by atoms with Gasteiger partial charge in [0.25, 0.3) is 0 Å². The summed E-state index contributed by atoms with van der Waals surface area (Å²) in [4.78, 5) is 0.705. The second kappa shape index (κ2) is 9.23. The lowest BCUT2D eigenvalue weighted by Crippen LogP contribution is -2.21. The summed E-state index contributed by atoms with van der Waals surface area (Å²) in [6.45, 7) is 3.08. The zero-order valence-corrected chi connectivity index (χ0v) is 17.2. The summed E-state index contributed by atoms with van der Waals surface area (Å²) < 4.78 is 5.80. The third-order valence-corrected chi connectivity index (χ3v) is 5.22. The van der Waals surface area contributed by atoms with Crippen LogP contribution in [0.4, 0.5) is 0 Å². The van der Waals surface area contributed by atoms with Crippen LogP contribution in [0.2, 0.25) is 10.0 Å². The van der Waals surface area contributed by atoms with E-state index in [0.29, 0.717) is 28.2 Å². The zero-order valence-electron chi connectivity index (χ0n) is 14.8. The summed E-state index contributed by atoms with van der Waals surface area (Å²) in [5, 5.41) is 4.48. The maximum Gasteiger partial charge on any atom is 0.119 e. The summed E-state index contributed by atoms with van der Waals surface area (Å²) in [5.74, 6) is 0.732. The second-order valence-corrected chi connectivity index (χ2v) is 7.40. The molecule has 0 fully saturated rings. The molecule has 0 spiro atoms. The van der Waals surface area contributed by atoms with Crippen LogP contribution in [0.15, 0.2) is 66.7 Å². The van der Waals surface area contributed by atoms with Gasteiger partial charge in [0.05, 0.1) is 0 Å². The van der Waals surface area contributed by atoms with E-state index in [-0.39, 0.29) is 0 Å². The molecule has 0 bridgehead atoms. The number of aryl methyl sites for hydroxylation is 1. The molecule has 0 atom stereocenters. The largest absolute Gasteiger partial charge is 0.489 e. The summed E-state index contributed by atoms with van der Waals surface area (Å²) in [5.41, 5.74) is 4.16. The Kier molecular flexibility index (Phi) is 6.73. The first-order valence-electron chi connectivity index (χ1n) is 8.52. The number of benzene rings is 3. The van der Waals surface area contributed by atoms with Crippen LogP contribution in [0.1, 0.15) is 22.3 Å². The number of ether oxygens (including phenoxy) is 1. The number of thiocarbonyl (C=S) groups is 1. The third-order valence-electron chi connectivity index (χ3n) is 4.14. The van der Waals surface area contributed by atoms with Gasteiger partial charge in [-0.05, 0) is 48.9 Å². The number of halogens is 2. The molecule has 3 aromatic rings. The Bertz CT molecular complexity index is 904. The number of hydrogen-bond donors (Lipinski definition) is 1. The lowest BCUT2D eigenvalue weighted by Gasteiger charge is -2.11. The minimum Gasteiger partial charge on any atom is -0.489 e. The van der Waals surface area contributed by atoms with Crippen molar-refractivity contribution in [3.8, 4) is 5.75 Å². The van der Waals surface area contributed by atoms with Crippen molar-refractivity contribution < 1.29 is 4.74 Å². The Hall–Kier alpha value is -2.07. The van der Waals surface area contributed by atoms with Gasteiger partial charge in [-0.1, -0.05) is 71.3 Å². The Labute approximate surface area is 175 Å². The van der Waals surface area contributed by atoms with Crippen LogP contribution < -0.4 is 10.1 Å². The summed E-state index contributed by atoms with van der Waals surface area (Å²) >= 11 is 17.8. The Morgan fingerprint density at radius 1 is 0.926 bits per heavy atom. The van der Waals surface area contributed by atoms with Crippen molar-refractivity contribution in [3.05, 3.63) is 99.0 Å². The maximum absolute atomic E-state index is 6.17. The summed E-state index contributed by atoms with van der Waals surface area (Å²) in [7, 11) is 0. The average molecular weight is 416 g/mol. The van der Waals surface area contributed by atoms with E-state index in [1.54, 1.807) is 12.1 Å². The number of rotatable bonds is 6. The molecule has 0 unspecified atom stereocenters. The van der Waals surface area contributed by atoms with E-state index in [1.807, 2.05) is 30.3 Å². The van der Waals surface area contributed by atoms with E-state index < -0.39 is 0 Å². The highest BCUT2D eigenvalue weighted by Crippen LogP contribution is 2.26. The molecule has 0 saturated heterocycles. The minimum atomic E-state index is 0.313. The Balaban J connectivity index is 1.56. The highest BCUT2D eigenvalue weighted by atomic mass is 35.5. The fourth-order valence-electron chi connectivity index (χ4n) is 2.52. The number of hydrogen-bond acceptors (Lipinski definition) is 2. The van der Waals surface area contributed by atoms with Crippen LogP contribution in [0.25, 0.3) is 0 Å². The molecule has 0 radical (unpaired) electrons. The molecule has 27 heavy (non-hydrogen) atoms. The predicted octanol–water partition coefficient (Wildman–Crippen LogP) is 6.35. The van der Waals surface area contributed by atoms with E-state index in [0.717, 1.165) is 16.9 Å². The van der Waals surface area contributed by atoms with Gasteiger partial charge in [0.1, 0.15) is 17.3 Å². The molecule has 2 nitrogen and oxygen atoms in total. The molecule has 1 N–H and O–H groups in total. The molecule has 5 heteroatoms. The van der Waals surface area contributed by atoms with Gasteiger partial charge in [0.2, 0.25) is 0 Å². The van der Waals surface area contributed by atoms with Gasteiger partial charge in [-0.2, -0.15) is 0 Å². The van der Waals surface area contributed by atoms with Gasteiger partial charge < -0.3 is 10.1 Å². The van der Waals surface area contributed by atoms with Crippen LogP contribution >= 0.6 is 35.4 Å². The van der Waals surface area contributed by atoms with Crippen LogP contribution in [-0.2, 0) is 13.2 Å². The van der Waals surface area contributed by atoms with Crippen LogP contribution in [0, 0.1) is 6.92 Å².